The van der Waals surface area contributed by atoms with Gasteiger partial charge in [0.1, 0.15) is 4.21 Å². The van der Waals surface area contributed by atoms with Crippen LogP contribution in [0.4, 0.5) is 5.69 Å². The fourth-order valence-corrected chi connectivity index (χ4v) is 6.15. The lowest BCUT2D eigenvalue weighted by Gasteiger charge is -2.25. The Hall–Kier alpha value is -2.23. The van der Waals surface area contributed by atoms with Crippen LogP contribution < -0.4 is 5.32 Å². The second-order valence-corrected chi connectivity index (χ2v) is 10.4. The van der Waals surface area contributed by atoms with Crippen molar-refractivity contribution in [2.45, 2.75) is 29.9 Å². The molecule has 0 spiro atoms. The molecular formula is C20H25N3O4S2. The van der Waals surface area contributed by atoms with E-state index in [4.69, 9.17) is 0 Å². The summed E-state index contributed by atoms with van der Waals surface area (Å²) in [5.41, 5.74) is 0.671. The third-order valence-electron chi connectivity index (χ3n) is 4.74. The SMILES string of the molecule is CN(CC(=O)Nc1ccccc1)C(=O)Cc1ccc(S(=O)(=O)N2CCCCC2)s1. The molecular weight excluding hydrogens is 410 g/mol. The van der Waals surface area contributed by atoms with Crippen molar-refractivity contribution in [2.75, 3.05) is 32.0 Å². The molecule has 1 aliphatic heterocycles. The maximum Gasteiger partial charge on any atom is 0.252 e. The Morgan fingerprint density at radius 1 is 1.07 bits per heavy atom. The third-order valence-corrected chi connectivity index (χ3v) is 8.19. The predicted octanol–water partition coefficient (Wildman–Crippen LogP) is 2.56. The van der Waals surface area contributed by atoms with Gasteiger partial charge in [-0.15, -0.1) is 11.3 Å². The Morgan fingerprint density at radius 2 is 1.76 bits per heavy atom. The van der Waals surface area contributed by atoms with E-state index in [1.807, 2.05) is 18.2 Å². The molecule has 0 unspecified atom stereocenters. The zero-order chi connectivity index (χ0) is 20.9. The molecule has 0 aliphatic carbocycles. The number of likely N-dealkylation sites (N-methyl/N-ethyl adjacent to an activating group) is 1. The number of sulfonamides is 1. The summed E-state index contributed by atoms with van der Waals surface area (Å²) in [6.07, 6.45) is 2.88. The first-order chi connectivity index (χ1) is 13.9. The molecule has 156 valence electrons. The topological polar surface area (TPSA) is 86.8 Å². The fourth-order valence-electron chi connectivity index (χ4n) is 3.13. The molecule has 1 saturated heterocycles. The molecule has 1 aromatic carbocycles. The zero-order valence-corrected chi connectivity index (χ0v) is 18.0. The quantitative estimate of drug-likeness (QED) is 0.724. The Balaban J connectivity index is 1.56. The summed E-state index contributed by atoms with van der Waals surface area (Å²) in [7, 11) is -1.93. The van der Waals surface area contributed by atoms with E-state index in [1.165, 1.54) is 9.21 Å². The molecule has 29 heavy (non-hydrogen) atoms. The van der Waals surface area contributed by atoms with Crippen molar-refractivity contribution < 1.29 is 18.0 Å². The van der Waals surface area contributed by atoms with E-state index >= 15 is 0 Å². The number of anilines is 1. The molecule has 1 aromatic heterocycles. The number of benzene rings is 1. The van der Waals surface area contributed by atoms with Crippen LogP contribution in [0, 0.1) is 0 Å². The molecule has 2 aromatic rings. The standard InChI is InChI=1S/C20H25N3O4S2/c1-22(15-18(24)21-16-8-4-2-5-9-16)19(25)14-17-10-11-20(28-17)29(26,27)23-12-6-3-7-13-23/h2,4-5,8-11H,3,6-7,12-15H2,1H3,(H,21,24). The van der Waals surface area contributed by atoms with Gasteiger partial charge in [-0.1, -0.05) is 24.6 Å². The Morgan fingerprint density at radius 3 is 2.45 bits per heavy atom. The van der Waals surface area contributed by atoms with Gasteiger partial charge >= 0.3 is 0 Å². The minimum atomic E-state index is -3.49. The van der Waals surface area contributed by atoms with Crippen molar-refractivity contribution in [3.8, 4) is 0 Å². The normalized spacial score (nSPS) is 15.1. The van der Waals surface area contributed by atoms with Crippen LogP contribution in [0.25, 0.3) is 0 Å². The summed E-state index contributed by atoms with van der Waals surface area (Å²) in [4.78, 5) is 26.6. The van der Waals surface area contributed by atoms with Crippen molar-refractivity contribution in [1.29, 1.82) is 0 Å². The van der Waals surface area contributed by atoms with Crippen molar-refractivity contribution in [3.63, 3.8) is 0 Å². The molecule has 9 heteroatoms. The van der Waals surface area contributed by atoms with Gasteiger partial charge in [0.25, 0.3) is 10.0 Å². The fraction of sp³-hybridized carbons (Fsp3) is 0.400. The van der Waals surface area contributed by atoms with Crippen LogP contribution in [-0.4, -0.2) is 56.1 Å². The number of hydrogen-bond acceptors (Lipinski definition) is 5. The van der Waals surface area contributed by atoms with Crippen LogP contribution in [0.5, 0.6) is 0 Å². The summed E-state index contributed by atoms with van der Waals surface area (Å²) in [5, 5.41) is 2.74. The first-order valence-corrected chi connectivity index (χ1v) is 11.8. The molecule has 2 amide bonds. The zero-order valence-electron chi connectivity index (χ0n) is 16.3. The predicted molar refractivity (Wildman–Crippen MR) is 113 cm³/mol. The monoisotopic (exact) mass is 435 g/mol. The van der Waals surface area contributed by atoms with Gasteiger partial charge in [-0.3, -0.25) is 9.59 Å². The van der Waals surface area contributed by atoms with Crippen molar-refractivity contribution >= 4 is 38.9 Å². The average molecular weight is 436 g/mol. The minimum absolute atomic E-state index is 0.0648. The molecule has 0 radical (unpaired) electrons. The highest BCUT2D eigenvalue weighted by atomic mass is 32.2. The number of nitrogens with zero attached hydrogens (tertiary/aromatic N) is 2. The lowest BCUT2D eigenvalue weighted by Crippen LogP contribution is -2.35. The second-order valence-electron chi connectivity index (χ2n) is 7.03. The van der Waals surface area contributed by atoms with E-state index in [0.717, 1.165) is 30.6 Å². The Labute approximate surface area is 175 Å². The van der Waals surface area contributed by atoms with Gasteiger partial charge in [0.2, 0.25) is 11.8 Å². The van der Waals surface area contributed by atoms with Crippen molar-refractivity contribution in [2.24, 2.45) is 0 Å². The number of carbonyl (C=O) groups is 2. The van der Waals surface area contributed by atoms with Crippen LogP contribution in [0.1, 0.15) is 24.1 Å². The number of amides is 2. The molecule has 0 atom stereocenters. The smallest absolute Gasteiger partial charge is 0.252 e. The summed E-state index contributed by atoms with van der Waals surface area (Å²) in [5.74, 6) is -0.524. The molecule has 1 fully saturated rings. The number of piperidine rings is 1. The van der Waals surface area contributed by atoms with E-state index in [1.54, 1.807) is 31.3 Å². The summed E-state index contributed by atoms with van der Waals surface area (Å²) in [6.45, 7) is 1.03. The number of nitrogens with one attached hydrogen (secondary N) is 1. The highest BCUT2D eigenvalue weighted by Gasteiger charge is 2.27. The Bertz CT molecular complexity index is 951. The highest BCUT2D eigenvalue weighted by molar-refractivity contribution is 7.91. The number of thiophene rings is 1. The van der Waals surface area contributed by atoms with Crippen LogP contribution in [-0.2, 0) is 26.0 Å². The molecule has 1 aliphatic rings. The van der Waals surface area contributed by atoms with E-state index in [2.05, 4.69) is 5.32 Å². The molecule has 7 nitrogen and oxygen atoms in total. The summed E-state index contributed by atoms with van der Waals surface area (Å²) in [6, 6.07) is 12.3. The lowest BCUT2D eigenvalue weighted by atomic mass is 10.2. The largest absolute Gasteiger partial charge is 0.336 e. The maximum atomic E-state index is 12.7. The van der Waals surface area contributed by atoms with E-state index in [9.17, 15) is 18.0 Å². The van der Waals surface area contributed by atoms with Gasteiger partial charge in [0.15, 0.2) is 0 Å². The van der Waals surface area contributed by atoms with Crippen molar-refractivity contribution in [1.82, 2.24) is 9.21 Å². The van der Waals surface area contributed by atoms with Gasteiger partial charge in [0.05, 0.1) is 13.0 Å². The maximum absolute atomic E-state index is 12.7. The highest BCUT2D eigenvalue weighted by Crippen LogP contribution is 2.27. The first-order valence-electron chi connectivity index (χ1n) is 9.54. The van der Waals surface area contributed by atoms with Gasteiger partial charge in [-0.2, -0.15) is 4.31 Å². The second kappa shape index (κ2) is 9.51. The minimum Gasteiger partial charge on any atom is -0.336 e. The van der Waals surface area contributed by atoms with Gasteiger partial charge in [-0.25, -0.2) is 8.42 Å². The summed E-state index contributed by atoms with van der Waals surface area (Å²) >= 11 is 1.12. The molecule has 3 rings (SSSR count). The van der Waals surface area contributed by atoms with Crippen molar-refractivity contribution in [3.05, 3.63) is 47.3 Å². The van der Waals surface area contributed by atoms with E-state index < -0.39 is 10.0 Å². The van der Waals surface area contributed by atoms with Crippen LogP contribution in [0.2, 0.25) is 0 Å². The lowest BCUT2D eigenvalue weighted by molar-refractivity contribution is -0.132. The summed E-state index contributed by atoms with van der Waals surface area (Å²) < 4.78 is 27.2. The van der Waals surface area contributed by atoms with Crippen LogP contribution in [0.15, 0.2) is 46.7 Å². The number of carbonyl (C=O) groups excluding carboxylic acids is 2. The molecule has 1 N–H and O–H groups in total. The number of para-hydroxylation sites is 1. The van der Waals surface area contributed by atoms with Gasteiger partial charge in [-0.05, 0) is 37.1 Å². The van der Waals surface area contributed by atoms with Crippen LogP contribution in [0.3, 0.4) is 0 Å². The molecule has 0 bridgehead atoms. The Kier molecular flexibility index (Phi) is 7.05. The number of hydrogen-bond donors (Lipinski definition) is 1. The average Bonchev–Trinajstić information content (AvgIpc) is 3.18. The third kappa shape index (κ3) is 5.65. The van der Waals surface area contributed by atoms with Crippen LogP contribution >= 0.6 is 11.3 Å². The van der Waals surface area contributed by atoms with E-state index in [-0.39, 0.29) is 29.0 Å². The van der Waals surface area contributed by atoms with Gasteiger partial charge in [0, 0.05) is 30.7 Å². The van der Waals surface area contributed by atoms with E-state index in [0.29, 0.717) is 23.7 Å². The number of rotatable bonds is 7. The van der Waals surface area contributed by atoms with Gasteiger partial charge < -0.3 is 10.2 Å². The first kappa shape index (κ1) is 21.5. The molecule has 0 saturated carbocycles. The molecule has 2 heterocycles.